The third kappa shape index (κ3) is 5.94. The second kappa shape index (κ2) is 12.2. The van der Waals surface area contributed by atoms with Crippen molar-refractivity contribution >= 4 is 23.2 Å². The van der Waals surface area contributed by atoms with E-state index in [1.807, 2.05) is 0 Å². The van der Waals surface area contributed by atoms with E-state index in [-0.39, 0.29) is 42.3 Å². The summed E-state index contributed by atoms with van der Waals surface area (Å²) in [6.07, 6.45) is -0.756. The Morgan fingerprint density at radius 3 is 2.20 bits per heavy atom. The van der Waals surface area contributed by atoms with E-state index in [0.29, 0.717) is 71.5 Å². The topological polar surface area (TPSA) is 136 Å². The molecule has 0 unspecified atom stereocenters. The van der Waals surface area contributed by atoms with Crippen LogP contribution in [0.5, 0.6) is 17.2 Å². The monoisotopic (exact) mass is 626 g/mol. The first-order valence-electron chi connectivity index (χ1n) is 14.2. The van der Waals surface area contributed by atoms with E-state index in [4.69, 9.17) is 9.47 Å². The van der Waals surface area contributed by atoms with Crippen molar-refractivity contribution in [3.05, 3.63) is 92.3 Å². The maximum atomic E-state index is 13.5. The zero-order chi connectivity index (χ0) is 32.6. The van der Waals surface area contributed by atoms with Gasteiger partial charge in [0.25, 0.3) is 0 Å². The molecule has 13 heteroatoms. The van der Waals surface area contributed by atoms with Crippen molar-refractivity contribution < 1.29 is 47.1 Å². The number of allylic oxidation sites excluding steroid dienone is 5. The minimum absolute atomic E-state index is 0.0133. The predicted octanol–water partition coefficient (Wildman–Crippen LogP) is 6.64. The molecule has 0 atom stereocenters. The maximum absolute atomic E-state index is 13.5. The number of nitro benzene ring substituents is 1. The van der Waals surface area contributed by atoms with E-state index >= 15 is 0 Å². The molecule has 1 heterocycles. The molecule has 10 nitrogen and oxygen atoms in total. The van der Waals surface area contributed by atoms with Crippen LogP contribution in [-0.4, -0.2) is 46.1 Å². The van der Waals surface area contributed by atoms with Crippen LogP contribution in [-0.2, 0) is 27.0 Å². The van der Waals surface area contributed by atoms with Gasteiger partial charge in [-0.3, -0.25) is 24.5 Å². The standard InChI is InChI=1S/C32H29F3N2O8/c1-3-6-17-13-18(14-26(44-2)31(17)45-25-12-11-19(32(33,34)35)15-22(25)37(42)43)28-29-20(7-4-9-23(29)38)36(16-27(40)41)21-8-5-10-24(39)30(21)28/h3,11-15,28H,1,4-10,16H2,2H3,(H,40,41). The first-order chi connectivity index (χ1) is 21.3. The van der Waals surface area contributed by atoms with Crippen LogP contribution in [0.2, 0.25) is 0 Å². The number of hydrogen-bond donors (Lipinski definition) is 1. The summed E-state index contributed by atoms with van der Waals surface area (Å²) in [7, 11) is 1.31. The summed E-state index contributed by atoms with van der Waals surface area (Å²) in [5.41, 5.74) is 0.568. The molecule has 1 aliphatic heterocycles. The Hall–Kier alpha value is -4.94. The van der Waals surface area contributed by atoms with Gasteiger partial charge in [-0.25, -0.2) is 0 Å². The fourth-order valence-electron chi connectivity index (χ4n) is 6.33. The molecular weight excluding hydrogens is 597 g/mol. The summed E-state index contributed by atoms with van der Waals surface area (Å²) in [4.78, 5) is 51.2. The van der Waals surface area contributed by atoms with Gasteiger partial charge in [0.15, 0.2) is 23.1 Å². The lowest BCUT2D eigenvalue weighted by Crippen LogP contribution is -2.41. The van der Waals surface area contributed by atoms with Crippen LogP contribution < -0.4 is 9.47 Å². The van der Waals surface area contributed by atoms with Gasteiger partial charge >= 0.3 is 17.8 Å². The number of nitrogens with zero attached hydrogens (tertiary/aromatic N) is 2. The summed E-state index contributed by atoms with van der Waals surface area (Å²) >= 11 is 0. The van der Waals surface area contributed by atoms with Crippen molar-refractivity contribution in [1.29, 1.82) is 0 Å². The Labute approximate surface area is 255 Å². The maximum Gasteiger partial charge on any atom is 0.416 e. The van der Waals surface area contributed by atoms with Gasteiger partial charge in [-0.2, -0.15) is 13.2 Å². The Kier molecular flexibility index (Phi) is 8.55. The molecule has 0 fully saturated rings. The average Bonchev–Trinajstić information content (AvgIpc) is 2.98. The average molecular weight is 627 g/mol. The van der Waals surface area contributed by atoms with Crippen molar-refractivity contribution in [2.75, 3.05) is 13.7 Å². The number of ether oxygens (including phenoxy) is 2. The van der Waals surface area contributed by atoms with Gasteiger partial charge in [0.1, 0.15) is 6.54 Å². The number of carbonyl (C=O) groups is 3. The number of benzene rings is 2. The predicted molar refractivity (Wildman–Crippen MR) is 154 cm³/mol. The first kappa shape index (κ1) is 31.5. The third-order valence-corrected chi connectivity index (χ3v) is 8.15. The molecule has 2 aromatic rings. The van der Waals surface area contributed by atoms with Gasteiger partial charge in [-0.05, 0) is 55.9 Å². The zero-order valence-corrected chi connectivity index (χ0v) is 24.2. The molecule has 3 aliphatic rings. The number of hydrogen-bond acceptors (Lipinski definition) is 8. The Morgan fingerprint density at radius 2 is 1.69 bits per heavy atom. The number of carboxylic acid groups (broad SMARTS) is 1. The van der Waals surface area contributed by atoms with Crippen LogP contribution in [0.1, 0.15) is 61.1 Å². The summed E-state index contributed by atoms with van der Waals surface area (Å²) in [5, 5.41) is 21.4. The zero-order valence-electron chi connectivity index (χ0n) is 24.2. The van der Waals surface area contributed by atoms with Crippen molar-refractivity contribution in [2.24, 2.45) is 0 Å². The molecule has 45 heavy (non-hydrogen) atoms. The lowest BCUT2D eigenvalue weighted by Gasteiger charge is -2.43. The van der Waals surface area contributed by atoms with Crippen LogP contribution in [0.25, 0.3) is 0 Å². The number of methoxy groups -OCH3 is 1. The molecule has 0 radical (unpaired) electrons. The largest absolute Gasteiger partial charge is 0.493 e. The fraction of sp³-hybridized carbons (Fsp3) is 0.344. The highest BCUT2D eigenvalue weighted by atomic mass is 19.4. The molecule has 0 saturated carbocycles. The van der Waals surface area contributed by atoms with Gasteiger partial charge in [-0.15, -0.1) is 6.58 Å². The molecule has 0 saturated heterocycles. The number of alkyl halides is 3. The third-order valence-electron chi connectivity index (χ3n) is 8.15. The van der Waals surface area contributed by atoms with E-state index in [1.165, 1.54) is 19.3 Å². The summed E-state index contributed by atoms with van der Waals surface area (Å²) in [6.45, 7) is 3.37. The van der Waals surface area contributed by atoms with Crippen LogP contribution in [0.4, 0.5) is 18.9 Å². The SMILES string of the molecule is C=CCc1cc(C2C3=C(CCCC3=O)N(CC(=O)O)C3=C2C(=O)CCC3)cc(OC)c1Oc1ccc(C(F)(F)F)cc1[N+](=O)[O-]. The van der Waals surface area contributed by atoms with Gasteiger partial charge in [-0.1, -0.05) is 12.1 Å². The molecule has 1 N–H and O–H groups in total. The molecular formula is C32H29F3N2O8. The number of ketones is 2. The molecule has 2 aromatic carbocycles. The highest BCUT2D eigenvalue weighted by Crippen LogP contribution is 2.51. The highest BCUT2D eigenvalue weighted by molar-refractivity contribution is 6.06. The Balaban J connectivity index is 1.70. The highest BCUT2D eigenvalue weighted by Gasteiger charge is 2.44. The van der Waals surface area contributed by atoms with Gasteiger partial charge < -0.3 is 19.5 Å². The molecule has 0 spiro atoms. The second-order valence-corrected chi connectivity index (χ2v) is 10.9. The number of halogens is 3. The normalized spacial score (nSPS) is 17.2. The van der Waals surface area contributed by atoms with E-state index < -0.39 is 46.5 Å². The van der Waals surface area contributed by atoms with E-state index in [1.54, 1.807) is 11.0 Å². The summed E-state index contributed by atoms with van der Waals surface area (Å²) in [6, 6.07) is 5.12. The van der Waals surface area contributed by atoms with Crippen LogP contribution in [0, 0.1) is 10.1 Å². The van der Waals surface area contributed by atoms with E-state index in [9.17, 15) is 42.8 Å². The van der Waals surface area contributed by atoms with Crippen molar-refractivity contribution in [2.45, 2.75) is 57.0 Å². The number of carboxylic acids is 1. The summed E-state index contributed by atoms with van der Waals surface area (Å²) < 4.78 is 51.4. The second-order valence-electron chi connectivity index (χ2n) is 10.9. The quantitative estimate of drug-likeness (QED) is 0.185. The van der Waals surface area contributed by atoms with Gasteiger partial charge in [0.05, 0.1) is 17.6 Å². The number of carbonyl (C=O) groups excluding carboxylic acids is 2. The molecule has 236 valence electrons. The fourth-order valence-corrected chi connectivity index (χ4v) is 6.33. The van der Waals surface area contributed by atoms with E-state index in [2.05, 4.69) is 6.58 Å². The van der Waals surface area contributed by atoms with E-state index in [0.717, 1.165) is 6.07 Å². The van der Waals surface area contributed by atoms with Crippen LogP contribution in [0.3, 0.4) is 0 Å². The summed E-state index contributed by atoms with van der Waals surface area (Å²) in [5.74, 6) is -2.74. The number of nitro groups is 1. The number of Topliss-reactive ketones (excluding diaryl/α,β-unsaturated/α-hetero) is 2. The molecule has 0 aromatic heterocycles. The molecule has 5 rings (SSSR count). The lowest BCUT2D eigenvalue weighted by atomic mass is 9.70. The molecule has 2 aliphatic carbocycles. The number of rotatable bonds is 9. The Morgan fingerprint density at radius 1 is 1.07 bits per heavy atom. The minimum atomic E-state index is -4.81. The Bertz CT molecular complexity index is 1650. The minimum Gasteiger partial charge on any atom is -0.493 e. The lowest BCUT2D eigenvalue weighted by molar-refractivity contribution is -0.385. The smallest absolute Gasteiger partial charge is 0.416 e. The first-order valence-corrected chi connectivity index (χ1v) is 14.2. The molecule has 0 bridgehead atoms. The van der Waals surface area contributed by atoms with Crippen molar-refractivity contribution in [3.8, 4) is 17.2 Å². The van der Waals surface area contributed by atoms with Crippen molar-refractivity contribution in [1.82, 2.24) is 4.90 Å². The van der Waals surface area contributed by atoms with Crippen molar-refractivity contribution in [3.63, 3.8) is 0 Å². The van der Waals surface area contributed by atoms with Crippen LogP contribution >= 0.6 is 0 Å². The van der Waals surface area contributed by atoms with Crippen LogP contribution in [0.15, 0.2) is 65.5 Å². The number of aliphatic carboxylic acids is 1. The molecule has 0 amide bonds. The van der Waals surface area contributed by atoms with Gasteiger partial charge in [0.2, 0.25) is 5.75 Å². The van der Waals surface area contributed by atoms with Gasteiger partial charge in [0, 0.05) is 52.9 Å².